The molecule has 2 aliphatic heterocycles. The van der Waals surface area contributed by atoms with Crippen LogP contribution >= 0.6 is 15.9 Å². The summed E-state index contributed by atoms with van der Waals surface area (Å²) >= 11 is 3.81. The van der Waals surface area contributed by atoms with Crippen molar-refractivity contribution < 1.29 is 0 Å². The summed E-state index contributed by atoms with van der Waals surface area (Å²) in [5.74, 6) is 2.49. The second-order valence-corrected chi connectivity index (χ2v) is 7.19. The largest absolute Gasteiger partial charge is 0.369 e. The molecule has 1 aromatic heterocycles. The van der Waals surface area contributed by atoms with Crippen LogP contribution in [0.4, 0.5) is 5.82 Å². The van der Waals surface area contributed by atoms with Gasteiger partial charge in [-0.25, -0.2) is 4.68 Å². The molecule has 0 spiro atoms. The molecule has 21 heavy (non-hydrogen) atoms. The number of piperidine rings is 1. The van der Waals surface area contributed by atoms with E-state index < -0.39 is 0 Å². The number of rotatable bonds is 4. The lowest BCUT2D eigenvalue weighted by Gasteiger charge is -2.34. The van der Waals surface area contributed by atoms with Crippen molar-refractivity contribution in [3.63, 3.8) is 0 Å². The molecule has 1 fully saturated rings. The molecule has 0 aromatic carbocycles. The van der Waals surface area contributed by atoms with E-state index in [1.54, 1.807) is 0 Å². The van der Waals surface area contributed by atoms with Crippen LogP contribution in [0.15, 0.2) is 4.47 Å². The molecule has 2 N–H and O–H groups in total. The summed E-state index contributed by atoms with van der Waals surface area (Å²) < 4.78 is 3.49. The maximum Gasteiger partial charge on any atom is 0.139 e. The molecule has 2 unspecified atom stereocenters. The Balaban J connectivity index is 1.91. The Labute approximate surface area is 136 Å². The summed E-state index contributed by atoms with van der Waals surface area (Å²) in [6.45, 7) is 7.90. The highest BCUT2D eigenvalue weighted by molar-refractivity contribution is 9.10. The zero-order chi connectivity index (χ0) is 14.8. The van der Waals surface area contributed by atoms with Crippen molar-refractivity contribution in [3.8, 4) is 0 Å². The quantitative estimate of drug-likeness (QED) is 0.861. The average molecular weight is 355 g/mol. The summed E-state index contributed by atoms with van der Waals surface area (Å²) in [5.41, 5.74) is 1.25. The molecule has 4 nitrogen and oxygen atoms in total. The van der Waals surface area contributed by atoms with Gasteiger partial charge in [0, 0.05) is 12.5 Å². The van der Waals surface area contributed by atoms with E-state index in [2.05, 4.69) is 45.1 Å². The van der Waals surface area contributed by atoms with Gasteiger partial charge in [0.1, 0.15) is 5.82 Å². The Hall–Kier alpha value is -0.550. The average Bonchev–Trinajstić information content (AvgIpc) is 2.87. The van der Waals surface area contributed by atoms with Gasteiger partial charge in [-0.05, 0) is 67.0 Å². The molecular weight excluding hydrogens is 328 g/mol. The first-order valence-corrected chi connectivity index (χ1v) is 9.28. The van der Waals surface area contributed by atoms with Crippen LogP contribution < -0.4 is 10.6 Å². The van der Waals surface area contributed by atoms with Gasteiger partial charge in [-0.15, -0.1) is 0 Å². The lowest BCUT2D eigenvalue weighted by molar-refractivity contribution is 0.234. The highest BCUT2D eigenvalue weighted by Crippen LogP contribution is 2.41. The minimum Gasteiger partial charge on any atom is -0.369 e. The SMILES string of the molecule is CCC(CC)c1nn2c(c1Br)NCCC2C1CCCNC1. The van der Waals surface area contributed by atoms with Gasteiger partial charge in [0.2, 0.25) is 0 Å². The highest BCUT2D eigenvalue weighted by atomic mass is 79.9. The van der Waals surface area contributed by atoms with Crippen molar-refractivity contribution in [3.05, 3.63) is 10.2 Å². The first kappa shape index (κ1) is 15.3. The van der Waals surface area contributed by atoms with Crippen LogP contribution in [0.5, 0.6) is 0 Å². The van der Waals surface area contributed by atoms with Gasteiger partial charge in [0.25, 0.3) is 0 Å². The molecule has 2 aliphatic rings. The van der Waals surface area contributed by atoms with Crippen molar-refractivity contribution >= 4 is 21.7 Å². The Kier molecular flexibility index (Phi) is 4.89. The number of nitrogens with one attached hydrogen (secondary N) is 2. The number of hydrogen-bond acceptors (Lipinski definition) is 3. The van der Waals surface area contributed by atoms with E-state index in [0.29, 0.717) is 12.0 Å². The molecule has 2 atom stereocenters. The van der Waals surface area contributed by atoms with Gasteiger partial charge in [-0.3, -0.25) is 0 Å². The van der Waals surface area contributed by atoms with Gasteiger partial charge >= 0.3 is 0 Å². The molecule has 1 aromatic rings. The second kappa shape index (κ2) is 6.69. The lowest BCUT2D eigenvalue weighted by atomic mass is 9.89. The van der Waals surface area contributed by atoms with E-state index >= 15 is 0 Å². The summed E-state index contributed by atoms with van der Waals surface area (Å²) in [4.78, 5) is 0. The van der Waals surface area contributed by atoms with Crippen LogP contribution in [0.1, 0.15) is 63.6 Å². The predicted octanol–water partition coefficient (Wildman–Crippen LogP) is 3.91. The summed E-state index contributed by atoms with van der Waals surface area (Å²) in [7, 11) is 0. The molecule has 0 radical (unpaired) electrons. The van der Waals surface area contributed by atoms with Gasteiger partial charge < -0.3 is 10.6 Å². The van der Waals surface area contributed by atoms with Crippen molar-refractivity contribution in [2.24, 2.45) is 5.92 Å². The third-order valence-corrected chi connectivity index (χ3v) is 5.96. The van der Waals surface area contributed by atoms with Gasteiger partial charge in [0.05, 0.1) is 16.2 Å². The fraction of sp³-hybridized carbons (Fsp3) is 0.812. The first-order valence-electron chi connectivity index (χ1n) is 8.48. The van der Waals surface area contributed by atoms with Crippen molar-refractivity contribution in [2.75, 3.05) is 25.0 Å². The van der Waals surface area contributed by atoms with E-state index in [9.17, 15) is 0 Å². The zero-order valence-corrected chi connectivity index (χ0v) is 14.7. The molecule has 0 bridgehead atoms. The molecule has 3 heterocycles. The maximum atomic E-state index is 5.03. The van der Waals surface area contributed by atoms with E-state index in [0.717, 1.165) is 31.8 Å². The summed E-state index contributed by atoms with van der Waals surface area (Å²) in [6.07, 6.45) is 6.12. The molecule has 0 saturated carbocycles. The highest BCUT2D eigenvalue weighted by Gasteiger charge is 2.32. The molecule has 5 heteroatoms. The molecule has 3 rings (SSSR count). The second-order valence-electron chi connectivity index (χ2n) is 6.40. The monoisotopic (exact) mass is 354 g/mol. The van der Waals surface area contributed by atoms with Gasteiger partial charge in [-0.1, -0.05) is 13.8 Å². The molecule has 118 valence electrons. The smallest absolute Gasteiger partial charge is 0.139 e. The number of anilines is 1. The standard InChI is InChI=1S/C16H27BrN4/c1-3-11(4-2)15-14(17)16-19-9-7-13(21(16)20-15)12-6-5-8-18-10-12/h11-13,18-19H,3-10H2,1-2H3. The maximum absolute atomic E-state index is 5.03. The van der Waals surface area contributed by atoms with Crippen LogP contribution in [0.25, 0.3) is 0 Å². The Morgan fingerprint density at radius 3 is 2.76 bits per heavy atom. The molecule has 1 saturated heterocycles. The lowest BCUT2D eigenvalue weighted by Crippen LogP contribution is -2.38. The van der Waals surface area contributed by atoms with Crippen LogP contribution in [0, 0.1) is 5.92 Å². The minimum absolute atomic E-state index is 0.550. The van der Waals surface area contributed by atoms with Crippen LogP contribution in [-0.4, -0.2) is 29.4 Å². The Bertz CT molecular complexity index is 475. The third kappa shape index (κ3) is 2.87. The van der Waals surface area contributed by atoms with Crippen LogP contribution in [0.3, 0.4) is 0 Å². The Morgan fingerprint density at radius 2 is 2.10 bits per heavy atom. The van der Waals surface area contributed by atoms with E-state index in [4.69, 9.17) is 5.10 Å². The molecule has 0 aliphatic carbocycles. The molecule has 0 amide bonds. The fourth-order valence-electron chi connectivity index (χ4n) is 3.87. The van der Waals surface area contributed by atoms with Crippen molar-refractivity contribution in [1.82, 2.24) is 15.1 Å². The predicted molar refractivity (Wildman–Crippen MR) is 91.0 cm³/mol. The van der Waals surface area contributed by atoms with E-state index in [-0.39, 0.29) is 0 Å². The number of nitrogens with zero attached hydrogens (tertiary/aromatic N) is 2. The topological polar surface area (TPSA) is 41.9 Å². The van der Waals surface area contributed by atoms with Gasteiger partial charge in [-0.2, -0.15) is 5.10 Å². The van der Waals surface area contributed by atoms with Crippen LogP contribution in [0.2, 0.25) is 0 Å². The van der Waals surface area contributed by atoms with E-state index in [1.807, 2.05) is 0 Å². The van der Waals surface area contributed by atoms with Crippen molar-refractivity contribution in [1.29, 1.82) is 0 Å². The van der Waals surface area contributed by atoms with Crippen molar-refractivity contribution in [2.45, 2.75) is 57.9 Å². The first-order chi connectivity index (χ1) is 10.3. The number of halogens is 1. The van der Waals surface area contributed by atoms with Gasteiger partial charge in [0.15, 0.2) is 0 Å². The fourth-order valence-corrected chi connectivity index (χ4v) is 4.59. The Morgan fingerprint density at radius 1 is 1.29 bits per heavy atom. The summed E-state index contributed by atoms with van der Waals surface area (Å²) in [5, 5.41) is 12.1. The van der Waals surface area contributed by atoms with Crippen LogP contribution in [-0.2, 0) is 0 Å². The number of hydrogen-bond donors (Lipinski definition) is 2. The minimum atomic E-state index is 0.550. The zero-order valence-electron chi connectivity index (χ0n) is 13.2. The normalized spacial score (nSPS) is 25.7. The molecular formula is C16H27BrN4. The third-order valence-electron chi connectivity index (χ3n) is 5.18. The number of fused-ring (bicyclic) bond motifs is 1. The summed E-state index contributed by atoms with van der Waals surface area (Å²) in [6, 6.07) is 0.550. The number of aromatic nitrogens is 2. The van der Waals surface area contributed by atoms with E-state index in [1.165, 1.54) is 41.8 Å².